The third kappa shape index (κ3) is 3.96. The molecule has 0 aliphatic heterocycles. The van der Waals surface area contributed by atoms with Crippen molar-refractivity contribution < 1.29 is 9.13 Å². The maximum atomic E-state index is 13.0. The summed E-state index contributed by atoms with van der Waals surface area (Å²) in [7, 11) is 0. The average molecular weight is 371 g/mol. The average Bonchev–Trinajstić information content (AvgIpc) is 3.26. The number of hydrogen-bond donors (Lipinski definition) is 1. The Balaban J connectivity index is 1.72. The van der Waals surface area contributed by atoms with E-state index >= 15 is 0 Å². The fourth-order valence-electron chi connectivity index (χ4n) is 1.96. The van der Waals surface area contributed by atoms with Gasteiger partial charge in [-0.3, -0.25) is 0 Å². The molecule has 0 saturated heterocycles. The fourth-order valence-corrected chi connectivity index (χ4v) is 2.68. The Kier molecular flexibility index (Phi) is 4.48. The third-order valence-electron chi connectivity index (χ3n) is 3.28. The Bertz CT molecular complexity index is 661. The first kappa shape index (κ1) is 14.8. The van der Waals surface area contributed by atoms with E-state index in [1.165, 1.54) is 36.6 Å². The van der Waals surface area contributed by atoms with Crippen molar-refractivity contribution in [1.82, 2.24) is 5.32 Å². The van der Waals surface area contributed by atoms with E-state index in [-0.39, 0.29) is 10.8 Å². The predicted octanol–water partition coefficient (Wildman–Crippen LogP) is 5.29. The summed E-state index contributed by atoms with van der Waals surface area (Å²) in [5, 5.41) is 3.71. The maximum Gasteiger partial charge on any atom is 0.146 e. The van der Waals surface area contributed by atoms with Crippen LogP contribution in [0.4, 0.5) is 4.39 Å². The van der Waals surface area contributed by atoms with Crippen molar-refractivity contribution in [2.24, 2.45) is 0 Å². The maximum absolute atomic E-state index is 13.0. The first-order valence-corrected chi connectivity index (χ1v) is 7.93. The van der Waals surface area contributed by atoms with E-state index in [0.29, 0.717) is 17.5 Å². The van der Waals surface area contributed by atoms with Gasteiger partial charge in [-0.1, -0.05) is 17.7 Å². The summed E-state index contributed by atoms with van der Waals surface area (Å²) in [5.41, 5.74) is 1.19. The normalized spacial score (nSPS) is 14.2. The van der Waals surface area contributed by atoms with Crippen LogP contribution < -0.4 is 10.1 Å². The van der Waals surface area contributed by atoms with Gasteiger partial charge in [0.05, 0.1) is 9.50 Å². The van der Waals surface area contributed by atoms with Crippen LogP contribution in [0.5, 0.6) is 11.5 Å². The molecule has 1 N–H and O–H groups in total. The molecule has 1 aliphatic rings. The van der Waals surface area contributed by atoms with E-state index in [0.717, 1.165) is 11.0 Å². The van der Waals surface area contributed by atoms with Crippen molar-refractivity contribution in [3.63, 3.8) is 0 Å². The Morgan fingerprint density at radius 1 is 1.19 bits per heavy atom. The fraction of sp³-hybridized carbons (Fsp3) is 0.250. The molecule has 2 aromatic rings. The second-order valence-corrected chi connectivity index (χ2v) is 6.36. The molecular weight excluding hydrogens is 357 g/mol. The van der Waals surface area contributed by atoms with Crippen molar-refractivity contribution in [1.29, 1.82) is 0 Å². The second kappa shape index (κ2) is 6.34. The molecule has 0 amide bonds. The molecule has 0 radical (unpaired) electrons. The van der Waals surface area contributed by atoms with Crippen LogP contribution in [0.3, 0.4) is 0 Å². The van der Waals surface area contributed by atoms with E-state index in [1.807, 2.05) is 18.2 Å². The van der Waals surface area contributed by atoms with Crippen LogP contribution in [0.1, 0.15) is 18.4 Å². The Morgan fingerprint density at radius 3 is 2.62 bits per heavy atom. The lowest BCUT2D eigenvalue weighted by Crippen LogP contribution is -2.15. The van der Waals surface area contributed by atoms with Crippen LogP contribution in [0.15, 0.2) is 40.9 Å². The molecular formula is C16H14BrClFNO. The van der Waals surface area contributed by atoms with Crippen molar-refractivity contribution in [2.45, 2.75) is 25.4 Å². The summed E-state index contributed by atoms with van der Waals surface area (Å²) in [5.74, 6) is 0.703. The van der Waals surface area contributed by atoms with Gasteiger partial charge in [0.15, 0.2) is 0 Å². The summed E-state index contributed by atoms with van der Waals surface area (Å²) >= 11 is 9.46. The van der Waals surface area contributed by atoms with Gasteiger partial charge in [-0.05, 0) is 64.7 Å². The van der Waals surface area contributed by atoms with Crippen molar-refractivity contribution in [3.05, 3.63) is 57.3 Å². The molecule has 1 fully saturated rings. The number of benzene rings is 2. The lowest BCUT2D eigenvalue weighted by molar-refractivity contribution is 0.477. The minimum absolute atomic E-state index is 0.251. The molecule has 0 spiro atoms. The van der Waals surface area contributed by atoms with Crippen LogP contribution in [-0.4, -0.2) is 6.04 Å². The van der Waals surface area contributed by atoms with Crippen molar-refractivity contribution in [2.75, 3.05) is 0 Å². The number of rotatable bonds is 5. The number of nitrogens with one attached hydrogen (secondary N) is 1. The molecule has 0 atom stereocenters. The highest BCUT2D eigenvalue weighted by Crippen LogP contribution is 2.34. The Labute approximate surface area is 136 Å². The molecule has 2 aromatic carbocycles. The summed E-state index contributed by atoms with van der Waals surface area (Å²) in [6.45, 7) is 0.848. The molecule has 21 heavy (non-hydrogen) atoms. The highest BCUT2D eigenvalue weighted by atomic mass is 79.9. The third-order valence-corrected chi connectivity index (χ3v) is 4.20. The molecule has 0 heterocycles. The Morgan fingerprint density at radius 2 is 1.95 bits per heavy atom. The van der Waals surface area contributed by atoms with E-state index in [4.69, 9.17) is 16.3 Å². The molecule has 2 nitrogen and oxygen atoms in total. The van der Waals surface area contributed by atoms with Gasteiger partial charge in [0.25, 0.3) is 0 Å². The van der Waals surface area contributed by atoms with E-state index in [1.54, 1.807) is 0 Å². The molecule has 0 bridgehead atoms. The van der Waals surface area contributed by atoms with Crippen LogP contribution in [0.25, 0.3) is 0 Å². The summed E-state index contributed by atoms with van der Waals surface area (Å²) in [6, 6.07) is 10.7. The standard InChI is InChI=1S/C16H14BrClFNO/c17-13-7-10(9-20-12-3-4-12)1-5-15(13)21-16-6-2-11(19)8-14(16)18/h1-2,5-8,12,20H,3-4,9H2. The first-order valence-electron chi connectivity index (χ1n) is 6.76. The Hall–Kier alpha value is -1.10. The van der Waals surface area contributed by atoms with Gasteiger partial charge in [0.1, 0.15) is 17.3 Å². The van der Waals surface area contributed by atoms with Crippen molar-refractivity contribution >= 4 is 27.5 Å². The highest BCUT2D eigenvalue weighted by molar-refractivity contribution is 9.10. The number of ether oxygens (including phenoxy) is 1. The molecule has 0 aromatic heterocycles. The largest absolute Gasteiger partial charge is 0.455 e. The van der Waals surface area contributed by atoms with Crippen LogP contribution in [-0.2, 0) is 6.54 Å². The lowest BCUT2D eigenvalue weighted by Gasteiger charge is -2.11. The van der Waals surface area contributed by atoms with E-state index < -0.39 is 0 Å². The van der Waals surface area contributed by atoms with Crippen LogP contribution >= 0.6 is 27.5 Å². The summed E-state index contributed by atoms with van der Waals surface area (Å²) < 4.78 is 19.6. The molecule has 0 unspecified atom stereocenters. The zero-order valence-electron chi connectivity index (χ0n) is 11.2. The summed E-state index contributed by atoms with van der Waals surface area (Å²) in [4.78, 5) is 0. The quantitative estimate of drug-likeness (QED) is 0.772. The minimum Gasteiger partial charge on any atom is -0.455 e. The topological polar surface area (TPSA) is 21.3 Å². The van der Waals surface area contributed by atoms with Gasteiger partial charge in [-0.25, -0.2) is 4.39 Å². The zero-order chi connectivity index (χ0) is 14.8. The van der Waals surface area contributed by atoms with E-state index in [9.17, 15) is 4.39 Å². The van der Waals surface area contributed by atoms with Gasteiger partial charge >= 0.3 is 0 Å². The van der Waals surface area contributed by atoms with Gasteiger partial charge in [0.2, 0.25) is 0 Å². The molecule has 3 rings (SSSR count). The zero-order valence-corrected chi connectivity index (χ0v) is 13.5. The van der Waals surface area contributed by atoms with Gasteiger partial charge < -0.3 is 10.1 Å². The summed E-state index contributed by atoms with van der Waals surface area (Å²) in [6.07, 6.45) is 2.54. The van der Waals surface area contributed by atoms with Crippen molar-refractivity contribution in [3.8, 4) is 11.5 Å². The number of hydrogen-bond acceptors (Lipinski definition) is 2. The van der Waals surface area contributed by atoms with Gasteiger partial charge in [-0.15, -0.1) is 0 Å². The van der Waals surface area contributed by atoms with E-state index in [2.05, 4.69) is 21.2 Å². The molecule has 1 saturated carbocycles. The van der Waals surface area contributed by atoms with Gasteiger partial charge in [0, 0.05) is 12.6 Å². The van der Waals surface area contributed by atoms with Gasteiger partial charge in [-0.2, -0.15) is 0 Å². The molecule has 5 heteroatoms. The highest BCUT2D eigenvalue weighted by Gasteiger charge is 2.20. The monoisotopic (exact) mass is 369 g/mol. The smallest absolute Gasteiger partial charge is 0.146 e. The number of halogens is 3. The van der Waals surface area contributed by atoms with Crippen LogP contribution in [0.2, 0.25) is 5.02 Å². The SMILES string of the molecule is Fc1ccc(Oc2ccc(CNC3CC3)cc2Br)c(Cl)c1. The second-order valence-electron chi connectivity index (χ2n) is 5.10. The molecule has 1 aliphatic carbocycles. The predicted molar refractivity (Wildman–Crippen MR) is 85.5 cm³/mol. The molecule has 110 valence electrons. The minimum atomic E-state index is -0.382. The lowest BCUT2D eigenvalue weighted by atomic mass is 10.2. The van der Waals surface area contributed by atoms with Crippen LogP contribution in [0, 0.1) is 5.82 Å². The first-order chi connectivity index (χ1) is 10.1.